The van der Waals surface area contributed by atoms with Gasteiger partial charge in [0.25, 0.3) is 0 Å². The molecule has 0 spiro atoms. The number of rotatable bonds is 8. The summed E-state index contributed by atoms with van der Waals surface area (Å²) in [6.45, 7) is 13.7. The fourth-order valence-corrected chi connectivity index (χ4v) is 5.91. The van der Waals surface area contributed by atoms with Crippen LogP contribution in [0.2, 0.25) is 0 Å². The number of phenols is 1. The summed E-state index contributed by atoms with van der Waals surface area (Å²) in [5, 5.41) is 9.54. The van der Waals surface area contributed by atoms with Gasteiger partial charge < -0.3 is 9.84 Å². The van der Waals surface area contributed by atoms with E-state index in [1.807, 2.05) is 18.2 Å². The molecule has 2 saturated carbocycles. The fraction of sp³-hybridized carbons (Fsp3) is 0.515. The van der Waals surface area contributed by atoms with Gasteiger partial charge in [-0.15, -0.1) is 0 Å². The number of ether oxygens (including phenoxy) is 1. The van der Waals surface area contributed by atoms with Crippen LogP contribution in [0.4, 0.5) is 0 Å². The highest BCUT2D eigenvalue weighted by Gasteiger charge is 2.70. The van der Waals surface area contributed by atoms with E-state index < -0.39 is 5.97 Å². The lowest BCUT2D eigenvalue weighted by Crippen LogP contribution is -2.34. The van der Waals surface area contributed by atoms with Crippen molar-refractivity contribution in [2.24, 2.45) is 22.2 Å². The van der Waals surface area contributed by atoms with Crippen molar-refractivity contribution in [1.29, 1.82) is 0 Å². The smallest absolute Gasteiger partial charge is 0.341 e. The van der Waals surface area contributed by atoms with Crippen molar-refractivity contribution < 1.29 is 19.4 Å². The van der Waals surface area contributed by atoms with Crippen LogP contribution >= 0.6 is 0 Å². The Hall–Kier alpha value is -2.88. The molecule has 4 rings (SSSR count). The normalized spacial score (nSPS) is 25.5. The molecule has 0 saturated heterocycles. The average Bonchev–Trinajstić information content (AvgIpc) is 3.14. The van der Waals surface area contributed by atoms with Crippen LogP contribution in [-0.2, 0) is 9.53 Å². The standard InChI is InChI=1S/C18H22O.C15H22O3/c1-16(2)17(3)10-11-18(16,4)15(19)14(17)12-13-8-6-5-7-9-13;1-3-5-8-12(4-2)11-18-15(17)13-9-6-7-10-14(13)16/h5-9,12H,10-11H2,1-4H3;6-7,9-10,12,16H,3-5,8,11H2,1-2H3. The number of carbonyl (C=O) groups is 2. The molecular weight excluding hydrogens is 460 g/mol. The third-order valence-corrected chi connectivity index (χ3v) is 9.45. The third kappa shape index (κ3) is 5.54. The van der Waals surface area contributed by atoms with E-state index in [-0.39, 0.29) is 27.6 Å². The van der Waals surface area contributed by atoms with E-state index in [1.165, 1.54) is 6.07 Å². The van der Waals surface area contributed by atoms with Crippen LogP contribution in [0.15, 0.2) is 60.2 Å². The average molecular weight is 505 g/mol. The van der Waals surface area contributed by atoms with Crippen LogP contribution in [0.25, 0.3) is 6.08 Å². The minimum atomic E-state index is -0.442. The number of hydrogen-bond acceptors (Lipinski definition) is 4. The Bertz CT molecular complexity index is 1120. The molecule has 200 valence electrons. The Labute approximate surface area is 223 Å². The highest BCUT2D eigenvalue weighted by molar-refractivity contribution is 6.09. The lowest BCUT2D eigenvalue weighted by Gasteiger charge is -2.37. The monoisotopic (exact) mass is 504 g/mol. The van der Waals surface area contributed by atoms with Crippen LogP contribution in [-0.4, -0.2) is 23.5 Å². The number of carbonyl (C=O) groups excluding carboxylic acids is 2. The molecule has 2 aromatic carbocycles. The van der Waals surface area contributed by atoms with Crippen LogP contribution < -0.4 is 0 Å². The molecule has 37 heavy (non-hydrogen) atoms. The summed E-state index contributed by atoms with van der Waals surface area (Å²) >= 11 is 0. The van der Waals surface area contributed by atoms with Crippen molar-refractivity contribution in [3.63, 3.8) is 0 Å². The third-order valence-electron chi connectivity index (χ3n) is 9.45. The summed E-state index contributed by atoms with van der Waals surface area (Å²) < 4.78 is 5.26. The largest absolute Gasteiger partial charge is 0.507 e. The Morgan fingerprint density at radius 2 is 1.59 bits per heavy atom. The van der Waals surface area contributed by atoms with Gasteiger partial charge in [-0.1, -0.05) is 103 Å². The molecule has 3 atom stereocenters. The number of esters is 1. The van der Waals surface area contributed by atoms with E-state index in [0.717, 1.165) is 49.7 Å². The zero-order chi connectivity index (χ0) is 27.3. The van der Waals surface area contributed by atoms with Crippen molar-refractivity contribution in [3.8, 4) is 5.75 Å². The maximum atomic E-state index is 12.8. The van der Waals surface area contributed by atoms with E-state index in [2.05, 4.69) is 59.8 Å². The molecule has 3 unspecified atom stereocenters. The summed E-state index contributed by atoms with van der Waals surface area (Å²) in [7, 11) is 0. The molecule has 0 heterocycles. The van der Waals surface area contributed by atoms with Gasteiger partial charge in [-0.05, 0) is 54.4 Å². The fourth-order valence-electron chi connectivity index (χ4n) is 5.91. The maximum Gasteiger partial charge on any atom is 0.341 e. The summed E-state index contributed by atoms with van der Waals surface area (Å²) in [6, 6.07) is 16.7. The molecule has 1 N–H and O–H groups in total. The van der Waals surface area contributed by atoms with E-state index in [1.54, 1.807) is 18.2 Å². The molecule has 0 radical (unpaired) electrons. The Balaban J connectivity index is 0.000000206. The number of phenolic OH excluding ortho intramolecular Hbond substituents is 1. The summed E-state index contributed by atoms with van der Waals surface area (Å²) in [5.74, 6) is 0.321. The number of Topliss-reactive ketones (excluding diaryl/α,β-unsaturated/α-hetero) is 1. The molecule has 4 nitrogen and oxygen atoms in total. The van der Waals surface area contributed by atoms with Gasteiger partial charge in [-0.25, -0.2) is 4.79 Å². The molecule has 2 aromatic rings. The highest BCUT2D eigenvalue weighted by Crippen LogP contribution is 2.72. The zero-order valence-electron chi connectivity index (χ0n) is 23.5. The van der Waals surface area contributed by atoms with Crippen molar-refractivity contribution in [2.45, 2.75) is 80.1 Å². The quantitative estimate of drug-likeness (QED) is 0.290. The van der Waals surface area contributed by atoms with Gasteiger partial charge in [0.2, 0.25) is 0 Å². The van der Waals surface area contributed by atoms with Crippen LogP contribution in [0.3, 0.4) is 0 Å². The van der Waals surface area contributed by atoms with Gasteiger partial charge in [0.05, 0.1) is 6.61 Å². The first-order chi connectivity index (χ1) is 17.5. The predicted octanol–water partition coefficient (Wildman–Crippen LogP) is 8.25. The first-order valence-electron chi connectivity index (χ1n) is 13.8. The van der Waals surface area contributed by atoms with Gasteiger partial charge in [0.15, 0.2) is 5.78 Å². The topological polar surface area (TPSA) is 63.6 Å². The minimum Gasteiger partial charge on any atom is -0.507 e. The molecule has 2 aliphatic rings. The SMILES string of the molecule is CC12CCC(C)(C(=Cc3ccccc3)C1=O)C2(C)C.CCCCC(CC)COC(=O)c1ccccc1O. The lowest BCUT2D eigenvalue weighted by molar-refractivity contribution is -0.125. The van der Waals surface area contributed by atoms with Gasteiger partial charge >= 0.3 is 5.97 Å². The number of hydrogen-bond donors (Lipinski definition) is 1. The van der Waals surface area contributed by atoms with Crippen LogP contribution in [0, 0.1) is 22.2 Å². The number of ketones is 1. The van der Waals surface area contributed by atoms with Gasteiger partial charge in [0.1, 0.15) is 11.3 Å². The Morgan fingerprint density at radius 3 is 2.16 bits per heavy atom. The number of para-hydroxylation sites is 1. The zero-order valence-corrected chi connectivity index (χ0v) is 23.5. The molecule has 2 aliphatic carbocycles. The lowest BCUT2D eigenvalue weighted by atomic mass is 9.65. The van der Waals surface area contributed by atoms with Crippen molar-refractivity contribution in [2.75, 3.05) is 6.61 Å². The highest BCUT2D eigenvalue weighted by atomic mass is 16.5. The van der Waals surface area contributed by atoms with Gasteiger partial charge in [0, 0.05) is 16.4 Å². The van der Waals surface area contributed by atoms with Gasteiger partial charge in [-0.3, -0.25) is 4.79 Å². The molecule has 0 aromatic heterocycles. The molecule has 2 fully saturated rings. The summed E-state index contributed by atoms with van der Waals surface area (Å²) in [6.07, 6.45) is 8.68. The molecule has 4 heteroatoms. The van der Waals surface area contributed by atoms with Crippen LogP contribution in [0.1, 0.15) is 96.0 Å². The predicted molar refractivity (Wildman–Crippen MR) is 150 cm³/mol. The number of aromatic hydroxyl groups is 1. The minimum absolute atomic E-state index is 0.0225. The second-order valence-electron chi connectivity index (χ2n) is 11.6. The maximum absolute atomic E-state index is 12.8. The molecule has 2 bridgehead atoms. The summed E-state index contributed by atoms with van der Waals surface area (Å²) in [4.78, 5) is 24.6. The number of fused-ring (bicyclic) bond motifs is 2. The molecule has 0 amide bonds. The van der Waals surface area contributed by atoms with Crippen LogP contribution in [0.5, 0.6) is 5.75 Å². The van der Waals surface area contributed by atoms with E-state index in [0.29, 0.717) is 18.3 Å². The summed E-state index contributed by atoms with van der Waals surface area (Å²) in [5.41, 5.74) is 2.31. The van der Waals surface area contributed by atoms with E-state index >= 15 is 0 Å². The Kier molecular flexibility index (Phi) is 9.05. The van der Waals surface area contributed by atoms with Crippen molar-refractivity contribution >= 4 is 17.8 Å². The second-order valence-corrected chi connectivity index (χ2v) is 11.6. The molecule has 0 aliphatic heterocycles. The first kappa shape index (κ1) is 28.7. The molecular formula is C33H44O4. The Morgan fingerprint density at radius 1 is 0.973 bits per heavy atom. The van der Waals surface area contributed by atoms with E-state index in [9.17, 15) is 14.7 Å². The van der Waals surface area contributed by atoms with E-state index in [4.69, 9.17) is 4.74 Å². The number of unbranched alkanes of at least 4 members (excludes halogenated alkanes) is 1. The van der Waals surface area contributed by atoms with Crippen molar-refractivity contribution in [3.05, 3.63) is 71.3 Å². The number of benzene rings is 2. The van der Waals surface area contributed by atoms with Crippen molar-refractivity contribution in [1.82, 2.24) is 0 Å². The number of allylic oxidation sites excluding steroid dienone is 1. The second kappa shape index (κ2) is 11.7. The van der Waals surface area contributed by atoms with Gasteiger partial charge in [-0.2, -0.15) is 0 Å². The first-order valence-corrected chi connectivity index (χ1v) is 13.8.